The van der Waals surface area contributed by atoms with Crippen molar-refractivity contribution in [1.29, 1.82) is 0 Å². The van der Waals surface area contributed by atoms with Crippen LogP contribution in [-0.2, 0) is 13.1 Å². The summed E-state index contributed by atoms with van der Waals surface area (Å²) in [6.45, 7) is 1.19. The molecule has 0 unspecified atom stereocenters. The number of rotatable bonds is 5. The first-order valence-electron chi connectivity index (χ1n) is 5.53. The first-order chi connectivity index (χ1) is 9.06. The molecule has 0 atom stereocenters. The molecule has 0 aliphatic carbocycles. The summed E-state index contributed by atoms with van der Waals surface area (Å²) in [5.74, 6) is -1.95. The average molecular weight is 344 g/mol. The molecule has 0 radical (unpaired) electrons. The number of aromatic carboxylic acids is 1. The molecule has 0 aliphatic heterocycles. The van der Waals surface area contributed by atoms with Gasteiger partial charge in [0, 0.05) is 18.0 Å². The fourth-order valence-corrected chi connectivity index (χ4v) is 3.07. The Morgan fingerprint density at radius 2 is 2.11 bits per heavy atom. The van der Waals surface area contributed by atoms with Gasteiger partial charge in [-0.1, -0.05) is 6.07 Å². The van der Waals surface area contributed by atoms with Gasteiger partial charge in [0.05, 0.1) is 9.35 Å². The highest BCUT2D eigenvalue weighted by Crippen LogP contribution is 2.21. The third-order valence-corrected chi connectivity index (χ3v) is 4.14. The van der Waals surface area contributed by atoms with Crippen LogP contribution >= 0.6 is 27.3 Å². The van der Waals surface area contributed by atoms with Crippen LogP contribution in [0.2, 0.25) is 0 Å². The zero-order valence-electron chi connectivity index (χ0n) is 9.82. The second-order valence-corrected chi connectivity index (χ2v) is 6.48. The fourth-order valence-electron chi connectivity index (χ4n) is 1.62. The van der Waals surface area contributed by atoms with E-state index in [1.807, 2.05) is 12.1 Å². The van der Waals surface area contributed by atoms with E-state index in [-0.39, 0.29) is 5.56 Å². The molecule has 0 amide bonds. The van der Waals surface area contributed by atoms with Crippen molar-refractivity contribution in [3.63, 3.8) is 0 Å². The summed E-state index contributed by atoms with van der Waals surface area (Å²) in [6, 6.07) is 8.14. The summed E-state index contributed by atoms with van der Waals surface area (Å²) in [5, 5.41) is 11.9. The SMILES string of the molecule is O=C(O)c1ccc(CNCc2ccc(Br)s2)cc1F. The molecule has 0 saturated carbocycles. The van der Waals surface area contributed by atoms with Crippen LogP contribution in [0.4, 0.5) is 4.39 Å². The van der Waals surface area contributed by atoms with Crippen LogP contribution in [0, 0.1) is 5.82 Å². The lowest BCUT2D eigenvalue weighted by Gasteiger charge is -2.05. The zero-order chi connectivity index (χ0) is 13.8. The Morgan fingerprint density at radius 1 is 1.32 bits per heavy atom. The van der Waals surface area contributed by atoms with Gasteiger partial charge in [-0.15, -0.1) is 11.3 Å². The van der Waals surface area contributed by atoms with E-state index in [4.69, 9.17) is 5.11 Å². The smallest absolute Gasteiger partial charge is 0.338 e. The lowest BCUT2D eigenvalue weighted by Crippen LogP contribution is -2.12. The van der Waals surface area contributed by atoms with Gasteiger partial charge in [0.15, 0.2) is 0 Å². The van der Waals surface area contributed by atoms with E-state index in [1.54, 1.807) is 17.4 Å². The minimum absolute atomic E-state index is 0.300. The van der Waals surface area contributed by atoms with Crippen LogP contribution in [0.15, 0.2) is 34.1 Å². The maximum atomic E-state index is 13.4. The summed E-state index contributed by atoms with van der Waals surface area (Å²) in [7, 11) is 0. The molecule has 2 aromatic rings. The highest BCUT2D eigenvalue weighted by Gasteiger charge is 2.10. The number of carboxylic acid groups (broad SMARTS) is 1. The zero-order valence-corrected chi connectivity index (χ0v) is 12.2. The van der Waals surface area contributed by atoms with Crippen molar-refractivity contribution in [3.05, 3.63) is 55.9 Å². The van der Waals surface area contributed by atoms with Gasteiger partial charge in [-0.25, -0.2) is 9.18 Å². The van der Waals surface area contributed by atoms with Gasteiger partial charge in [0.25, 0.3) is 0 Å². The lowest BCUT2D eigenvalue weighted by molar-refractivity contribution is 0.0692. The van der Waals surface area contributed by atoms with Crippen molar-refractivity contribution in [1.82, 2.24) is 5.32 Å². The molecule has 0 aliphatic rings. The Kier molecular flexibility index (Phi) is 4.68. The topological polar surface area (TPSA) is 49.3 Å². The molecule has 6 heteroatoms. The molecule has 2 rings (SSSR count). The van der Waals surface area contributed by atoms with Crippen LogP contribution < -0.4 is 5.32 Å². The minimum atomic E-state index is -1.25. The molecule has 0 spiro atoms. The molecule has 0 bridgehead atoms. The van der Waals surface area contributed by atoms with Crippen molar-refractivity contribution in [2.75, 3.05) is 0 Å². The Balaban J connectivity index is 1.93. The third-order valence-electron chi connectivity index (χ3n) is 2.52. The van der Waals surface area contributed by atoms with Crippen molar-refractivity contribution in [2.45, 2.75) is 13.1 Å². The van der Waals surface area contributed by atoms with Crippen molar-refractivity contribution < 1.29 is 14.3 Å². The molecular formula is C13H11BrFNO2S. The van der Waals surface area contributed by atoms with E-state index in [0.717, 1.165) is 9.35 Å². The predicted molar refractivity (Wildman–Crippen MR) is 75.9 cm³/mol. The monoisotopic (exact) mass is 343 g/mol. The van der Waals surface area contributed by atoms with Crippen LogP contribution in [0.3, 0.4) is 0 Å². The third kappa shape index (κ3) is 3.86. The normalized spacial score (nSPS) is 10.6. The van der Waals surface area contributed by atoms with E-state index < -0.39 is 11.8 Å². The minimum Gasteiger partial charge on any atom is -0.478 e. The van der Waals surface area contributed by atoms with Gasteiger partial charge in [-0.3, -0.25) is 0 Å². The molecule has 19 heavy (non-hydrogen) atoms. The van der Waals surface area contributed by atoms with E-state index in [0.29, 0.717) is 13.1 Å². The largest absolute Gasteiger partial charge is 0.478 e. The van der Waals surface area contributed by atoms with Crippen LogP contribution in [0.5, 0.6) is 0 Å². The summed E-state index contributed by atoms with van der Waals surface area (Å²) >= 11 is 5.02. The molecule has 3 nitrogen and oxygen atoms in total. The Hall–Kier alpha value is -1.24. The van der Waals surface area contributed by atoms with Gasteiger partial charge < -0.3 is 10.4 Å². The fraction of sp³-hybridized carbons (Fsp3) is 0.154. The maximum Gasteiger partial charge on any atom is 0.338 e. The first-order valence-corrected chi connectivity index (χ1v) is 7.14. The summed E-state index contributed by atoms with van der Waals surface area (Å²) in [4.78, 5) is 11.9. The molecular weight excluding hydrogens is 333 g/mol. The second kappa shape index (κ2) is 6.27. The van der Waals surface area contributed by atoms with Gasteiger partial charge in [0.2, 0.25) is 0 Å². The lowest BCUT2D eigenvalue weighted by atomic mass is 10.1. The number of hydrogen-bond acceptors (Lipinski definition) is 3. The number of hydrogen-bond donors (Lipinski definition) is 2. The average Bonchev–Trinajstić information content (AvgIpc) is 2.75. The number of thiophene rings is 1. The molecule has 100 valence electrons. The number of carboxylic acids is 1. The highest BCUT2D eigenvalue weighted by atomic mass is 79.9. The van der Waals surface area contributed by atoms with E-state index >= 15 is 0 Å². The predicted octanol–water partition coefficient (Wildman–Crippen LogP) is 3.64. The highest BCUT2D eigenvalue weighted by molar-refractivity contribution is 9.11. The summed E-state index contributed by atoms with van der Waals surface area (Å²) in [5.41, 5.74) is 0.420. The standard InChI is InChI=1S/C13H11BrFNO2S/c14-12-4-2-9(19-12)7-16-6-8-1-3-10(13(17)18)11(15)5-8/h1-5,16H,6-7H2,(H,17,18). The Morgan fingerprint density at radius 3 is 2.68 bits per heavy atom. The quantitative estimate of drug-likeness (QED) is 0.871. The Bertz CT molecular complexity index is 600. The van der Waals surface area contributed by atoms with Gasteiger partial charge in [-0.2, -0.15) is 0 Å². The number of benzene rings is 1. The van der Waals surface area contributed by atoms with E-state index in [9.17, 15) is 9.18 Å². The number of nitrogens with one attached hydrogen (secondary N) is 1. The summed E-state index contributed by atoms with van der Waals surface area (Å²) in [6.07, 6.45) is 0. The molecule has 0 saturated heterocycles. The molecule has 2 N–H and O–H groups in total. The Labute approximate surface area is 122 Å². The number of halogens is 2. The number of carbonyl (C=O) groups is 1. The maximum absolute atomic E-state index is 13.4. The second-order valence-electron chi connectivity index (χ2n) is 3.93. The van der Waals surface area contributed by atoms with Gasteiger partial charge >= 0.3 is 5.97 Å². The first kappa shape index (κ1) is 14.2. The summed E-state index contributed by atoms with van der Waals surface area (Å²) < 4.78 is 14.5. The van der Waals surface area contributed by atoms with E-state index in [1.165, 1.54) is 17.0 Å². The molecule has 1 aromatic heterocycles. The van der Waals surface area contributed by atoms with Crippen molar-refractivity contribution in [2.24, 2.45) is 0 Å². The van der Waals surface area contributed by atoms with Crippen LogP contribution in [0.25, 0.3) is 0 Å². The molecule has 1 aromatic carbocycles. The van der Waals surface area contributed by atoms with Crippen LogP contribution in [-0.4, -0.2) is 11.1 Å². The van der Waals surface area contributed by atoms with Crippen LogP contribution in [0.1, 0.15) is 20.8 Å². The molecule has 1 heterocycles. The van der Waals surface area contributed by atoms with E-state index in [2.05, 4.69) is 21.2 Å². The van der Waals surface area contributed by atoms with Crippen molar-refractivity contribution >= 4 is 33.2 Å². The van der Waals surface area contributed by atoms with Gasteiger partial charge in [0.1, 0.15) is 5.82 Å². The van der Waals surface area contributed by atoms with Crippen molar-refractivity contribution in [3.8, 4) is 0 Å². The van der Waals surface area contributed by atoms with Gasteiger partial charge in [-0.05, 0) is 45.8 Å². The molecule has 0 fully saturated rings.